The van der Waals surface area contributed by atoms with Crippen LogP contribution in [0.15, 0.2) is 66.7 Å². The number of phenols is 1. The molecule has 35 heavy (non-hydrogen) atoms. The van der Waals surface area contributed by atoms with Gasteiger partial charge in [-0.3, -0.25) is 9.29 Å². The van der Waals surface area contributed by atoms with Crippen LogP contribution >= 0.6 is 0 Å². The highest BCUT2D eigenvalue weighted by Crippen LogP contribution is 2.47. The van der Waals surface area contributed by atoms with E-state index in [0.717, 1.165) is 64.7 Å². The van der Waals surface area contributed by atoms with Crippen LogP contribution in [0.1, 0.15) is 29.7 Å². The summed E-state index contributed by atoms with van der Waals surface area (Å²) < 4.78 is 30.5. The summed E-state index contributed by atoms with van der Waals surface area (Å²) in [5, 5.41) is 10.1. The molecular weight excluding hydrogens is 445 g/mol. The molecule has 2 aliphatic heterocycles. The molecule has 0 saturated carbocycles. The smallest absolute Gasteiger partial charge is 0.150 e. The lowest BCUT2D eigenvalue weighted by molar-refractivity contribution is 0.0668. The zero-order valence-corrected chi connectivity index (χ0v) is 20.0. The highest BCUT2D eigenvalue weighted by molar-refractivity contribution is 5.95. The van der Waals surface area contributed by atoms with Gasteiger partial charge in [0.25, 0.3) is 0 Å². The normalized spacial score (nSPS) is 18.0. The van der Waals surface area contributed by atoms with Gasteiger partial charge in [-0.05, 0) is 66.1 Å². The molecule has 3 aromatic rings. The van der Waals surface area contributed by atoms with Crippen LogP contribution in [-0.2, 0) is 0 Å². The molecule has 1 saturated heterocycles. The Hall–Kier alpha value is -3.51. The predicted octanol–water partition coefficient (Wildman–Crippen LogP) is 5.75. The third kappa shape index (κ3) is 4.84. The van der Waals surface area contributed by atoms with Gasteiger partial charge in [-0.25, -0.2) is 0 Å². The van der Waals surface area contributed by atoms with Crippen molar-refractivity contribution in [1.29, 1.82) is 0 Å². The summed E-state index contributed by atoms with van der Waals surface area (Å²) in [7, 11) is 1.66. The maximum Gasteiger partial charge on any atom is 0.150 e. The second-order valence-electron chi connectivity index (χ2n) is 9.15. The molecule has 6 heteroatoms. The van der Waals surface area contributed by atoms with E-state index in [0.29, 0.717) is 6.61 Å². The first-order valence-corrected chi connectivity index (χ1v) is 11.9. The first kappa shape index (κ1) is 23.2. The number of phenolic OH excluding ortho intramolecular Hbond substituents is 1. The minimum absolute atomic E-state index is 0.189. The lowest BCUT2D eigenvalue weighted by atomic mass is 9.86. The van der Waals surface area contributed by atoms with Crippen LogP contribution in [-0.4, -0.2) is 50.0 Å². The van der Waals surface area contributed by atoms with Gasteiger partial charge >= 0.3 is 0 Å². The van der Waals surface area contributed by atoms with Crippen molar-refractivity contribution < 1.29 is 23.7 Å². The lowest BCUT2D eigenvalue weighted by Crippen LogP contribution is -2.49. The van der Waals surface area contributed by atoms with E-state index in [2.05, 4.69) is 11.8 Å². The fraction of sp³-hybridized carbons (Fsp3) is 0.310. The quantitative estimate of drug-likeness (QED) is 0.450. The van der Waals surface area contributed by atoms with Crippen LogP contribution in [0.5, 0.6) is 23.0 Å². The molecule has 0 spiro atoms. The Morgan fingerprint density at radius 3 is 2.57 bits per heavy atom. The molecule has 0 unspecified atom stereocenters. The summed E-state index contributed by atoms with van der Waals surface area (Å²) in [5.41, 5.74) is 4.95. The van der Waals surface area contributed by atoms with Gasteiger partial charge in [0, 0.05) is 36.7 Å². The Morgan fingerprint density at radius 2 is 1.83 bits per heavy atom. The van der Waals surface area contributed by atoms with Crippen LogP contribution in [0.25, 0.3) is 11.1 Å². The summed E-state index contributed by atoms with van der Waals surface area (Å²) in [6.45, 7) is 4.83. The van der Waals surface area contributed by atoms with Crippen LogP contribution in [0.4, 0.5) is 4.39 Å². The Labute approximate surface area is 205 Å². The van der Waals surface area contributed by atoms with Gasteiger partial charge in [0.1, 0.15) is 35.7 Å². The number of allylic oxidation sites excluding steroid dienone is 1. The van der Waals surface area contributed by atoms with Gasteiger partial charge in [-0.1, -0.05) is 24.3 Å². The summed E-state index contributed by atoms with van der Waals surface area (Å²) in [4.78, 5) is 2.21. The lowest BCUT2D eigenvalue weighted by Gasteiger charge is -2.37. The van der Waals surface area contributed by atoms with E-state index >= 15 is 0 Å². The molecule has 2 heterocycles. The monoisotopic (exact) mass is 475 g/mol. The number of likely N-dealkylation sites (tertiary alicyclic amines) is 1. The third-order valence-electron chi connectivity index (χ3n) is 6.77. The second kappa shape index (κ2) is 10.0. The molecule has 1 N–H and O–H groups in total. The minimum Gasteiger partial charge on any atom is -0.508 e. The zero-order chi connectivity index (χ0) is 24.4. The Bertz CT molecular complexity index is 1220. The fourth-order valence-electron chi connectivity index (χ4n) is 4.82. The van der Waals surface area contributed by atoms with E-state index in [-0.39, 0.29) is 24.4 Å². The molecule has 1 fully saturated rings. The molecule has 1 atom stereocenters. The molecule has 0 aliphatic carbocycles. The zero-order valence-electron chi connectivity index (χ0n) is 20.0. The van der Waals surface area contributed by atoms with E-state index in [1.165, 1.54) is 0 Å². The molecule has 0 bridgehead atoms. The van der Waals surface area contributed by atoms with Crippen molar-refractivity contribution in [3.8, 4) is 23.0 Å². The standard InChI is InChI=1S/C29H30FNO4/c1-19-26-15-23(32)8-11-27(26)35-29(28(19)22-4-3-5-25(14-22)33-2)21-6-9-24(10-7-21)34-13-12-31-17-20(16-30)18-31/h3-11,14-15,20,29,32H,12-13,16-18H2,1-2H3/t29-/m1/s1. The summed E-state index contributed by atoms with van der Waals surface area (Å²) in [5.74, 6) is 2.69. The van der Waals surface area contributed by atoms with Crippen molar-refractivity contribution in [2.75, 3.05) is 40.0 Å². The van der Waals surface area contributed by atoms with E-state index in [1.54, 1.807) is 19.2 Å². The number of methoxy groups -OCH3 is 1. The average molecular weight is 476 g/mol. The number of hydrogen-bond donors (Lipinski definition) is 1. The van der Waals surface area contributed by atoms with Crippen LogP contribution in [0.3, 0.4) is 0 Å². The van der Waals surface area contributed by atoms with Gasteiger partial charge in [-0.15, -0.1) is 0 Å². The van der Waals surface area contributed by atoms with Gasteiger partial charge in [0.15, 0.2) is 0 Å². The molecule has 0 radical (unpaired) electrons. The summed E-state index contributed by atoms with van der Waals surface area (Å²) in [6, 6.07) is 21.1. The van der Waals surface area contributed by atoms with Gasteiger partial charge in [0.2, 0.25) is 0 Å². The number of halogens is 1. The largest absolute Gasteiger partial charge is 0.508 e. The third-order valence-corrected chi connectivity index (χ3v) is 6.77. The van der Waals surface area contributed by atoms with E-state index in [9.17, 15) is 9.50 Å². The topological polar surface area (TPSA) is 51.2 Å². The average Bonchev–Trinajstić information content (AvgIpc) is 2.86. The number of aromatic hydroxyl groups is 1. The number of benzene rings is 3. The maximum atomic E-state index is 12.6. The highest BCUT2D eigenvalue weighted by atomic mass is 19.1. The van der Waals surface area contributed by atoms with Crippen molar-refractivity contribution in [2.24, 2.45) is 5.92 Å². The van der Waals surface area contributed by atoms with Gasteiger partial charge < -0.3 is 19.3 Å². The molecular formula is C29H30FNO4. The van der Waals surface area contributed by atoms with Crippen molar-refractivity contribution in [3.63, 3.8) is 0 Å². The molecule has 0 amide bonds. The molecule has 3 aromatic carbocycles. The second-order valence-corrected chi connectivity index (χ2v) is 9.15. The van der Waals surface area contributed by atoms with Crippen LogP contribution < -0.4 is 14.2 Å². The maximum absolute atomic E-state index is 12.6. The fourth-order valence-corrected chi connectivity index (χ4v) is 4.82. The molecule has 5 nitrogen and oxygen atoms in total. The van der Waals surface area contributed by atoms with Crippen LogP contribution in [0.2, 0.25) is 0 Å². The number of fused-ring (bicyclic) bond motifs is 1. The van der Waals surface area contributed by atoms with E-state index < -0.39 is 0 Å². The number of ether oxygens (including phenoxy) is 3. The minimum atomic E-state index is -0.327. The first-order chi connectivity index (χ1) is 17.1. The highest BCUT2D eigenvalue weighted by Gasteiger charge is 2.30. The molecule has 5 rings (SSSR count). The Morgan fingerprint density at radius 1 is 1.03 bits per heavy atom. The SMILES string of the molecule is COc1cccc(C2=C(C)c3cc(O)ccc3O[C@@H]2c2ccc(OCCN3CC(CF)C3)cc2)c1. The van der Waals surface area contributed by atoms with E-state index in [1.807, 2.05) is 54.6 Å². The molecule has 182 valence electrons. The van der Waals surface area contributed by atoms with Crippen LogP contribution in [0, 0.1) is 5.92 Å². The predicted molar refractivity (Wildman–Crippen MR) is 135 cm³/mol. The van der Waals surface area contributed by atoms with Crippen molar-refractivity contribution >= 4 is 11.1 Å². The van der Waals surface area contributed by atoms with Gasteiger partial charge in [0.05, 0.1) is 13.8 Å². The van der Waals surface area contributed by atoms with Crippen molar-refractivity contribution in [2.45, 2.75) is 13.0 Å². The first-order valence-electron chi connectivity index (χ1n) is 11.9. The van der Waals surface area contributed by atoms with E-state index in [4.69, 9.17) is 14.2 Å². The Kier molecular flexibility index (Phi) is 6.64. The van der Waals surface area contributed by atoms with Crippen molar-refractivity contribution in [3.05, 3.63) is 83.4 Å². The number of nitrogens with zero attached hydrogens (tertiary/aromatic N) is 1. The molecule has 2 aliphatic rings. The number of alkyl halides is 1. The Balaban J connectivity index is 1.39. The van der Waals surface area contributed by atoms with Gasteiger partial charge in [-0.2, -0.15) is 0 Å². The number of rotatable bonds is 8. The summed E-state index contributed by atoms with van der Waals surface area (Å²) >= 11 is 0. The van der Waals surface area contributed by atoms with Crippen molar-refractivity contribution in [1.82, 2.24) is 4.90 Å². The molecule has 0 aromatic heterocycles. The summed E-state index contributed by atoms with van der Waals surface area (Å²) in [6.07, 6.45) is -0.327. The number of hydrogen-bond acceptors (Lipinski definition) is 5.